The molecule has 0 spiro atoms. The Morgan fingerprint density at radius 3 is 2.50 bits per heavy atom. The molecule has 7 heteroatoms. The largest absolute Gasteiger partial charge is 0.492 e. The Balaban J connectivity index is 2.45. The molecule has 2 N–H and O–H groups in total. The molecule has 1 aromatic rings. The van der Waals surface area contributed by atoms with E-state index in [0.717, 1.165) is 12.5 Å². The van der Waals surface area contributed by atoms with E-state index >= 15 is 0 Å². The highest BCUT2D eigenvalue weighted by Gasteiger charge is 2.36. The lowest BCUT2D eigenvalue weighted by atomic mass is 10.1. The fourth-order valence-electron chi connectivity index (χ4n) is 2.69. The summed E-state index contributed by atoms with van der Waals surface area (Å²) in [7, 11) is -2.45. The topological polar surface area (TPSA) is 72.6 Å². The predicted octanol–water partition coefficient (Wildman–Crippen LogP) is 1.84. The zero-order valence-electron chi connectivity index (χ0n) is 11.8. The van der Waals surface area contributed by atoms with Crippen LogP contribution in [0.3, 0.4) is 0 Å². The molecule has 1 fully saturated rings. The Hall–Kier alpha value is -1.34. The van der Waals surface area contributed by atoms with Gasteiger partial charge in [-0.1, -0.05) is 6.92 Å². The van der Waals surface area contributed by atoms with Gasteiger partial charge in [-0.25, -0.2) is 12.8 Å². The molecule has 112 valence electrons. The van der Waals surface area contributed by atoms with Gasteiger partial charge in [0.05, 0.1) is 17.7 Å². The SMILES string of the molecule is COc1c(N)cc(S(=O)(=O)N2CC(C)CC2C)cc1F. The molecule has 0 saturated carbocycles. The summed E-state index contributed by atoms with van der Waals surface area (Å²) in [5.74, 6) is -0.613. The quantitative estimate of drug-likeness (QED) is 0.865. The summed E-state index contributed by atoms with van der Waals surface area (Å²) in [5.41, 5.74) is 5.62. The van der Waals surface area contributed by atoms with Crippen LogP contribution in [0.5, 0.6) is 5.75 Å². The number of halogens is 1. The Bertz CT molecular complexity index is 595. The number of hydrogen-bond acceptors (Lipinski definition) is 4. The van der Waals surface area contributed by atoms with Gasteiger partial charge in [0.2, 0.25) is 10.0 Å². The van der Waals surface area contributed by atoms with Gasteiger partial charge in [-0.15, -0.1) is 0 Å². The van der Waals surface area contributed by atoms with Crippen LogP contribution in [0.25, 0.3) is 0 Å². The van der Waals surface area contributed by atoms with Crippen molar-refractivity contribution in [1.82, 2.24) is 4.31 Å². The van der Waals surface area contributed by atoms with Crippen molar-refractivity contribution >= 4 is 15.7 Å². The van der Waals surface area contributed by atoms with E-state index in [2.05, 4.69) is 0 Å². The standard InChI is InChI=1S/C13H19FN2O3S/c1-8-4-9(2)16(7-8)20(17,18)10-5-11(14)13(19-3)12(15)6-10/h5-6,8-9H,4,7,15H2,1-3H3. The molecule has 1 aliphatic heterocycles. The van der Waals surface area contributed by atoms with Gasteiger partial charge in [-0.3, -0.25) is 0 Å². The Morgan fingerprint density at radius 2 is 2.05 bits per heavy atom. The van der Waals surface area contributed by atoms with Gasteiger partial charge in [-0.2, -0.15) is 4.31 Å². The number of benzene rings is 1. The lowest BCUT2D eigenvalue weighted by Crippen LogP contribution is -2.34. The van der Waals surface area contributed by atoms with Crippen molar-refractivity contribution in [3.05, 3.63) is 17.9 Å². The molecule has 1 saturated heterocycles. The number of nitrogen functional groups attached to an aromatic ring is 1. The maximum atomic E-state index is 13.8. The first-order valence-electron chi connectivity index (χ1n) is 6.42. The number of anilines is 1. The van der Waals surface area contributed by atoms with E-state index in [0.29, 0.717) is 12.5 Å². The zero-order valence-corrected chi connectivity index (χ0v) is 12.6. The van der Waals surface area contributed by atoms with Crippen LogP contribution in [0.2, 0.25) is 0 Å². The fourth-order valence-corrected chi connectivity index (χ4v) is 4.49. The van der Waals surface area contributed by atoms with Crippen LogP contribution in [0, 0.1) is 11.7 Å². The fraction of sp³-hybridized carbons (Fsp3) is 0.538. The van der Waals surface area contributed by atoms with Crippen molar-refractivity contribution in [2.75, 3.05) is 19.4 Å². The smallest absolute Gasteiger partial charge is 0.243 e. The van der Waals surface area contributed by atoms with Crippen molar-refractivity contribution in [3.8, 4) is 5.75 Å². The van der Waals surface area contributed by atoms with Crippen molar-refractivity contribution in [1.29, 1.82) is 0 Å². The van der Waals surface area contributed by atoms with Gasteiger partial charge in [0.25, 0.3) is 0 Å². The maximum absolute atomic E-state index is 13.8. The Labute approximate surface area is 118 Å². The van der Waals surface area contributed by atoms with Gasteiger partial charge < -0.3 is 10.5 Å². The Morgan fingerprint density at radius 1 is 1.40 bits per heavy atom. The summed E-state index contributed by atoms with van der Waals surface area (Å²) in [6.45, 7) is 4.29. The number of rotatable bonds is 3. The molecule has 2 atom stereocenters. The van der Waals surface area contributed by atoms with Gasteiger partial charge in [-0.05, 0) is 31.4 Å². The summed E-state index contributed by atoms with van der Waals surface area (Å²) < 4.78 is 45.1. The van der Waals surface area contributed by atoms with Gasteiger partial charge in [0.1, 0.15) is 0 Å². The van der Waals surface area contributed by atoms with Crippen LogP contribution in [-0.4, -0.2) is 32.4 Å². The molecule has 0 bridgehead atoms. The first kappa shape index (κ1) is 15.1. The lowest BCUT2D eigenvalue weighted by molar-refractivity contribution is 0.386. The van der Waals surface area contributed by atoms with E-state index in [1.165, 1.54) is 17.5 Å². The molecule has 20 heavy (non-hydrogen) atoms. The number of methoxy groups -OCH3 is 1. The monoisotopic (exact) mass is 302 g/mol. The first-order valence-corrected chi connectivity index (χ1v) is 7.86. The molecule has 2 rings (SSSR count). The second kappa shape index (κ2) is 5.21. The second-order valence-corrected chi connectivity index (χ2v) is 7.18. The lowest BCUT2D eigenvalue weighted by Gasteiger charge is -2.21. The number of ether oxygens (including phenoxy) is 1. The van der Waals surface area contributed by atoms with Crippen molar-refractivity contribution in [2.24, 2.45) is 5.92 Å². The molecular weight excluding hydrogens is 283 g/mol. The molecule has 1 aliphatic rings. The summed E-state index contributed by atoms with van der Waals surface area (Å²) in [5, 5.41) is 0. The van der Waals surface area contributed by atoms with Crippen molar-refractivity contribution in [3.63, 3.8) is 0 Å². The molecule has 0 aliphatic carbocycles. The molecule has 0 radical (unpaired) electrons. The van der Waals surface area contributed by atoms with E-state index in [4.69, 9.17) is 10.5 Å². The second-order valence-electron chi connectivity index (χ2n) is 5.29. The normalized spacial score (nSPS) is 24.0. The summed E-state index contributed by atoms with van der Waals surface area (Å²) in [6, 6.07) is 2.11. The predicted molar refractivity (Wildman–Crippen MR) is 74.5 cm³/mol. The maximum Gasteiger partial charge on any atom is 0.243 e. The minimum atomic E-state index is -3.73. The zero-order chi connectivity index (χ0) is 15.1. The third kappa shape index (κ3) is 2.47. The van der Waals surface area contributed by atoms with Crippen molar-refractivity contribution < 1.29 is 17.5 Å². The number of sulfonamides is 1. The number of nitrogens with zero attached hydrogens (tertiary/aromatic N) is 1. The molecule has 1 aromatic carbocycles. The molecule has 2 unspecified atom stereocenters. The van der Waals surface area contributed by atoms with Crippen LogP contribution in [0.1, 0.15) is 20.3 Å². The highest BCUT2D eigenvalue weighted by Crippen LogP contribution is 2.33. The van der Waals surface area contributed by atoms with Crippen LogP contribution >= 0.6 is 0 Å². The average Bonchev–Trinajstić information content (AvgIpc) is 2.68. The van der Waals surface area contributed by atoms with Crippen LogP contribution in [0.4, 0.5) is 10.1 Å². The molecule has 5 nitrogen and oxygen atoms in total. The van der Waals surface area contributed by atoms with E-state index < -0.39 is 15.8 Å². The summed E-state index contributed by atoms with van der Waals surface area (Å²) in [6.07, 6.45) is 0.799. The van der Waals surface area contributed by atoms with E-state index in [-0.39, 0.29) is 22.4 Å². The average molecular weight is 302 g/mol. The highest BCUT2D eigenvalue weighted by atomic mass is 32.2. The summed E-state index contributed by atoms with van der Waals surface area (Å²) >= 11 is 0. The minimum absolute atomic E-state index is 0.0222. The Kier molecular flexibility index (Phi) is 3.93. The van der Waals surface area contributed by atoms with E-state index in [1.807, 2.05) is 13.8 Å². The van der Waals surface area contributed by atoms with Gasteiger partial charge >= 0.3 is 0 Å². The molecule has 0 aromatic heterocycles. The molecular formula is C13H19FN2O3S. The van der Waals surface area contributed by atoms with Crippen LogP contribution in [0.15, 0.2) is 17.0 Å². The van der Waals surface area contributed by atoms with Crippen LogP contribution in [-0.2, 0) is 10.0 Å². The third-order valence-electron chi connectivity index (χ3n) is 3.58. The van der Waals surface area contributed by atoms with Gasteiger partial charge in [0, 0.05) is 12.6 Å². The molecule has 0 amide bonds. The first-order chi connectivity index (χ1) is 9.27. The van der Waals surface area contributed by atoms with Crippen molar-refractivity contribution in [2.45, 2.75) is 31.2 Å². The van der Waals surface area contributed by atoms with E-state index in [1.54, 1.807) is 0 Å². The summed E-state index contributed by atoms with van der Waals surface area (Å²) in [4.78, 5) is -0.130. The van der Waals surface area contributed by atoms with Crippen LogP contribution < -0.4 is 10.5 Å². The van der Waals surface area contributed by atoms with Gasteiger partial charge in [0.15, 0.2) is 11.6 Å². The van der Waals surface area contributed by atoms with E-state index in [9.17, 15) is 12.8 Å². The number of hydrogen-bond donors (Lipinski definition) is 1. The highest BCUT2D eigenvalue weighted by molar-refractivity contribution is 7.89. The number of nitrogens with two attached hydrogens (primary N) is 1. The molecule has 1 heterocycles. The third-order valence-corrected chi connectivity index (χ3v) is 5.54. The minimum Gasteiger partial charge on any atom is -0.492 e.